The molecule has 4 atom stereocenters. The van der Waals surface area contributed by atoms with E-state index in [1.807, 2.05) is 31.1 Å². The molecule has 0 amide bonds. The third kappa shape index (κ3) is 5.19. The normalized spacial score (nSPS) is 26.6. The number of ether oxygens (including phenoxy) is 2. The largest absolute Gasteiger partial charge is 0.463 e. The highest BCUT2D eigenvalue weighted by Gasteiger charge is 2.57. The first-order valence-corrected chi connectivity index (χ1v) is 10.3. The van der Waals surface area contributed by atoms with Crippen molar-refractivity contribution in [3.63, 3.8) is 0 Å². The molecule has 1 aromatic carbocycles. The molecule has 0 spiro atoms. The van der Waals surface area contributed by atoms with Crippen molar-refractivity contribution in [3.05, 3.63) is 29.8 Å². The second-order valence-corrected chi connectivity index (χ2v) is 8.94. The Morgan fingerprint density at radius 1 is 1.03 bits per heavy atom. The zero-order valence-electron chi connectivity index (χ0n) is 18.8. The molecule has 1 saturated carbocycles. The first kappa shape index (κ1) is 23.9. The molecule has 0 unspecified atom stereocenters. The number of carbonyl (C=O) groups excluding carboxylic acids is 3. The van der Waals surface area contributed by atoms with Crippen LogP contribution in [0.25, 0.3) is 0 Å². The first-order chi connectivity index (χ1) is 13.8. The first-order valence-electron chi connectivity index (χ1n) is 10.3. The van der Waals surface area contributed by atoms with Gasteiger partial charge in [-0.1, -0.05) is 12.1 Å². The van der Waals surface area contributed by atoms with Crippen LogP contribution in [0.1, 0.15) is 52.5 Å². The van der Waals surface area contributed by atoms with Crippen molar-refractivity contribution < 1.29 is 29.0 Å². The average Bonchev–Trinajstić information content (AvgIpc) is 2.58. The molecule has 7 nitrogen and oxygen atoms in total. The van der Waals surface area contributed by atoms with Crippen molar-refractivity contribution in [2.75, 3.05) is 19.0 Å². The molecule has 1 aromatic rings. The van der Waals surface area contributed by atoms with Gasteiger partial charge in [0.15, 0.2) is 5.78 Å². The van der Waals surface area contributed by atoms with E-state index in [0.29, 0.717) is 5.56 Å². The highest BCUT2D eigenvalue weighted by atomic mass is 16.5. The van der Waals surface area contributed by atoms with Crippen LogP contribution in [-0.2, 0) is 23.9 Å². The Morgan fingerprint density at radius 3 is 2.00 bits per heavy atom. The van der Waals surface area contributed by atoms with Crippen LogP contribution < -0.4 is 4.90 Å². The molecule has 1 aliphatic rings. The molecule has 0 aromatic heterocycles. The fraction of sp³-hybridized carbons (Fsp3) is 0.609. The van der Waals surface area contributed by atoms with Gasteiger partial charge < -0.3 is 19.5 Å². The van der Waals surface area contributed by atoms with Crippen LogP contribution in [0, 0.1) is 11.8 Å². The summed E-state index contributed by atoms with van der Waals surface area (Å²) >= 11 is 0. The molecule has 0 radical (unpaired) electrons. The summed E-state index contributed by atoms with van der Waals surface area (Å²) < 4.78 is 10.8. The molecule has 1 N–H and O–H groups in total. The number of esters is 2. The van der Waals surface area contributed by atoms with Crippen LogP contribution in [0.2, 0.25) is 0 Å². The number of ketones is 1. The van der Waals surface area contributed by atoms with E-state index >= 15 is 0 Å². The van der Waals surface area contributed by atoms with Crippen molar-refractivity contribution >= 4 is 23.4 Å². The highest BCUT2D eigenvalue weighted by Crippen LogP contribution is 2.47. The predicted octanol–water partition coefficient (Wildman–Crippen LogP) is 2.70. The average molecular weight is 420 g/mol. The van der Waals surface area contributed by atoms with Gasteiger partial charge in [-0.3, -0.25) is 14.4 Å². The maximum Gasteiger partial charge on any atom is 0.317 e. The van der Waals surface area contributed by atoms with Crippen LogP contribution >= 0.6 is 0 Å². The minimum atomic E-state index is -1.65. The smallest absolute Gasteiger partial charge is 0.317 e. The quantitative estimate of drug-likeness (QED) is 0.560. The summed E-state index contributed by atoms with van der Waals surface area (Å²) in [5, 5.41) is 11.1. The molecule has 2 rings (SSSR count). The van der Waals surface area contributed by atoms with Crippen LogP contribution in [-0.4, -0.2) is 54.7 Å². The molecule has 0 bridgehead atoms. The van der Waals surface area contributed by atoms with E-state index in [-0.39, 0.29) is 6.42 Å². The zero-order chi connectivity index (χ0) is 22.8. The standard InChI is InChI=1S/C23H33NO6/c1-13(2)29-21(26)19-17(25)12-23(5,28)20(22(27)30-14(3)4)18(19)15-8-10-16(11-9-15)24(6)7/h8-11,13-14,18-20,28H,12H2,1-7H3/t18-,19-,20+,23+/m1/s1. The number of aliphatic hydroxyl groups is 1. The van der Waals surface area contributed by atoms with Crippen LogP contribution in [0.15, 0.2) is 24.3 Å². The van der Waals surface area contributed by atoms with Gasteiger partial charge in [-0.15, -0.1) is 0 Å². The van der Waals surface area contributed by atoms with Gasteiger partial charge in [0.05, 0.1) is 23.7 Å². The molecule has 0 saturated heterocycles. The van der Waals surface area contributed by atoms with Crippen molar-refractivity contribution in [2.24, 2.45) is 11.8 Å². The van der Waals surface area contributed by atoms with E-state index in [1.54, 1.807) is 39.8 Å². The Morgan fingerprint density at radius 2 is 1.53 bits per heavy atom. The second-order valence-electron chi connectivity index (χ2n) is 8.94. The van der Waals surface area contributed by atoms with Crippen molar-refractivity contribution in [1.29, 1.82) is 0 Å². The molecular weight excluding hydrogens is 386 g/mol. The number of nitrogens with zero attached hydrogens (tertiary/aromatic N) is 1. The van der Waals surface area contributed by atoms with Gasteiger partial charge in [-0.2, -0.15) is 0 Å². The van der Waals surface area contributed by atoms with E-state index in [0.717, 1.165) is 5.69 Å². The predicted molar refractivity (Wildman–Crippen MR) is 113 cm³/mol. The molecule has 0 heterocycles. The Hall–Kier alpha value is -2.41. The molecule has 166 valence electrons. The molecule has 7 heteroatoms. The Balaban J connectivity index is 2.61. The van der Waals surface area contributed by atoms with Gasteiger partial charge in [-0.25, -0.2) is 0 Å². The van der Waals surface area contributed by atoms with Crippen molar-refractivity contribution in [2.45, 2.75) is 64.8 Å². The Labute approximate surface area is 178 Å². The van der Waals surface area contributed by atoms with Gasteiger partial charge in [-0.05, 0) is 52.3 Å². The van der Waals surface area contributed by atoms with Crippen LogP contribution in [0.4, 0.5) is 5.69 Å². The van der Waals surface area contributed by atoms with Crippen LogP contribution in [0.5, 0.6) is 0 Å². The maximum absolute atomic E-state index is 13.0. The number of carbonyl (C=O) groups is 3. The van der Waals surface area contributed by atoms with Crippen molar-refractivity contribution in [3.8, 4) is 0 Å². The SMILES string of the molecule is CC(C)OC(=O)[C@@H]1C(=O)C[C@](C)(O)[C@H](C(=O)OC(C)C)[C@@H]1c1ccc(N(C)C)cc1. The minimum absolute atomic E-state index is 0.324. The van der Waals surface area contributed by atoms with Gasteiger partial charge in [0.25, 0.3) is 0 Å². The number of hydrogen-bond acceptors (Lipinski definition) is 7. The van der Waals surface area contributed by atoms with Crippen LogP contribution in [0.3, 0.4) is 0 Å². The lowest BCUT2D eigenvalue weighted by molar-refractivity contribution is -0.176. The summed E-state index contributed by atoms with van der Waals surface area (Å²) in [6.07, 6.45) is -1.14. The summed E-state index contributed by atoms with van der Waals surface area (Å²) in [5.41, 5.74) is -0.122. The number of Topliss-reactive ketones (excluding diaryl/α,β-unsaturated/α-hetero) is 1. The third-order valence-corrected chi connectivity index (χ3v) is 5.27. The zero-order valence-corrected chi connectivity index (χ0v) is 18.8. The van der Waals surface area contributed by atoms with Gasteiger partial charge in [0, 0.05) is 32.1 Å². The third-order valence-electron chi connectivity index (χ3n) is 5.27. The number of rotatable bonds is 6. The van der Waals surface area contributed by atoms with E-state index < -0.39 is 53.3 Å². The summed E-state index contributed by atoms with van der Waals surface area (Å²) in [7, 11) is 3.80. The monoisotopic (exact) mass is 419 g/mol. The number of benzene rings is 1. The topological polar surface area (TPSA) is 93.1 Å². The molecule has 30 heavy (non-hydrogen) atoms. The summed E-state index contributed by atoms with van der Waals surface area (Å²) in [4.78, 5) is 40.8. The molecule has 1 aliphatic carbocycles. The highest BCUT2D eigenvalue weighted by molar-refractivity contribution is 6.02. The van der Waals surface area contributed by atoms with E-state index in [2.05, 4.69) is 0 Å². The van der Waals surface area contributed by atoms with Gasteiger partial charge in [0.1, 0.15) is 5.92 Å². The number of anilines is 1. The second kappa shape index (κ2) is 9.16. The number of hydrogen-bond donors (Lipinski definition) is 1. The Kier molecular flexibility index (Phi) is 7.29. The fourth-order valence-corrected chi connectivity index (χ4v) is 4.02. The summed E-state index contributed by atoms with van der Waals surface area (Å²) in [5.74, 6) is -4.94. The van der Waals surface area contributed by atoms with Gasteiger partial charge in [0.2, 0.25) is 0 Å². The summed E-state index contributed by atoms with van der Waals surface area (Å²) in [6, 6.07) is 7.25. The fourth-order valence-electron chi connectivity index (χ4n) is 4.02. The maximum atomic E-state index is 13.0. The summed E-state index contributed by atoms with van der Waals surface area (Å²) in [6.45, 7) is 8.28. The van der Waals surface area contributed by atoms with Gasteiger partial charge >= 0.3 is 11.9 Å². The molecule has 0 aliphatic heterocycles. The Bertz CT molecular complexity index is 773. The van der Waals surface area contributed by atoms with E-state index in [1.165, 1.54) is 6.92 Å². The van der Waals surface area contributed by atoms with E-state index in [4.69, 9.17) is 9.47 Å². The lowest BCUT2D eigenvalue weighted by Gasteiger charge is -2.44. The minimum Gasteiger partial charge on any atom is -0.463 e. The lowest BCUT2D eigenvalue weighted by atomic mass is 9.61. The van der Waals surface area contributed by atoms with E-state index in [9.17, 15) is 19.5 Å². The lowest BCUT2D eigenvalue weighted by Crippen LogP contribution is -2.55. The molecule has 1 fully saturated rings. The van der Waals surface area contributed by atoms with Crippen molar-refractivity contribution in [1.82, 2.24) is 0 Å². The molecular formula is C23H33NO6.